The Bertz CT molecular complexity index is 493. The lowest BCUT2D eigenvalue weighted by molar-refractivity contribution is -0.135. The number of rotatable bonds is 6. The maximum absolute atomic E-state index is 12.4. The summed E-state index contributed by atoms with van der Waals surface area (Å²) in [6.07, 6.45) is 4.54. The van der Waals surface area contributed by atoms with E-state index in [1.54, 1.807) is 0 Å². The number of hydrogen-bond acceptors (Lipinski definition) is 3. The van der Waals surface area contributed by atoms with Crippen molar-refractivity contribution >= 4 is 21.8 Å². The molecule has 2 rings (SSSR count). The maximum Gasteiger partial charge on any atom is 0.222 e. The van der Waals surface area contributed by atoms with E-state index < -0.39 is 0 Å². The van der Waals surface area contributed by atoms with Gasteiger partial charge in [-0.25, -0.2) is 0 Å². The fourth-order valence-electron chi connectivity index (χ4n) is 2.93. The number of nitrogens with zero attached hydrogens (tertiary/aromatic N) is 1. The van der Waals surface area contributed by atoms with Gasteiger partial charge < -0.3 is 15.4 Å². The van der Waals surface area contributed by atoms with Crippen LogP contribution in [-0.2, 0) is 4.79 Å². The predicted octanol–water partition coefficient (Wildman–Crippen LogP) is 3.34. The van der Waals surface area contributed by atoms with Crippen molar-refractivity contribution in [2.75, 3.05) is 13.2 Å². The lowest BCUT2D eigenvalue weighted by Crippen LogP contribution is -2.51. The normalized spacial score (nSPS) is 19.8. The molecule has 1 fully saturated rings. The molecule has 1 amide bonds. The summed E-state index contributed by atoms with van der Waals surface area (Å²) in [6.45, 7) is 3.39. The fourth-order valence-corrected chi connectivity index (χ4v) is 3.31. The number of hydrogen-bond donors (Lipinski definition) is 1. The minimum Gasteiger partial charge on any atom is -0.494 e. The van der Waals surface area contributed by atoms with Gasteiger partial charge in [-0.15, -0.1) is 0 Å². The fraction of sp³-hybridized carbons (Fsp3) is 0.588. The number of ether oxygens (including phenoxy) is 1. The number of likely N-dealkylation sites (tertiary alicyclic amines) is 1. The first-order chi connectivity index (χ1) is 10.6. The third-order valence-corrected chi connectivity index (χ3v) is 4.57. The maximum atomic E-state index is 12.4. The Morgan fingerprint density at radius 1 is 1.50 bits per heavy atom. The topological polar surface area (TPSA) is 55.6 Å². The van der Waals surface area contributed by atoms with Crippen LogP contribution in [0, 0.1) is 0 Å². The van der Waals surface area contributed by atoms with Gasteiger partial charge in [0, 0.05) is 29.5 Å². The van der Waals surface area contributed by atoms with Gasteiger partial charge in [0.1, 0.15) is 5.75 Å². The zero-order valence-electron chi connectivity index (χ0n) is 13.1. The van der Waals surface area contributed by atoms with Crippen LogP contribution in [0.4, 0.5) is 0 Å². The highest BCUT2D eigenvalue weighted by atomic mass is 79.9. The van der Waals surface area contributed by atoms with Crippen LogP contribution >= 0.6 is 15.9 Å². The molecule has 1 aromatic carbocycles. The Hall–Kier alpha value is -1.07. The minimum atomic E-state index is 0.0437. The summed E-state index contributed by atoms with van der Waals surface area (Å²) < 4.78 is 6.67. The summed E-state index contributed by atoms with van der Waals surface area (Å²) in [5.41, 5.74) is 6.02. The lowest BCUT2D eigenvalue weighted by atomic mass is 9.96. The van der Waals surface area contributed by atoms with Gasteiger partial charge in [0.15, 0.2) is 0 Å². The van der Waals surface area contributed by atoms with Crippen LogP contribution in [0.25, 0.3) is 0 Å². The number of halogens is 1. The van der Waals surface area contributed by atoms with Crippen LogP contribution in [0.5, 0.6) is 5.75 Å². The second kappa shape index (κ2) is 8.53. The molecule has 1 heterocycles. The van der Waals surface area contributed by atoms with E-state index in [4.69, 9.17) is 10.5 Å². The molecule has 1 aliphatic rings. The molecule has 2 atom stereocenters. The van der Waals surface area contributed by atoms with Crippen molar-refractivity contribution < 1.29 is 9.53 Å². The lowest BCUT2D eigenvalue weighted by Gasteiger charge is -2.38. The molecule has 0 aliphatic carbocycles. The Labute approximate surface area is 141 Å². The largest absolute Gasteiger partial charge is 0.494 e. The van der Waals surface area contributed by atoms with Crippen molar-refractivity contribution in [2.24, 2.45) is 5.73 Å². The third kappa shape index (κ3) is 4.99. The third-order valence-electron chi connectivity index (χ3n) is 4.08. The molecule has 1 saturated heterocycles. The zero-order chi connectivity index (χ0) is 15.9. The first kappa shape index (κ1) is 17.3. The van der Waals surface area contributed by atoms with E-state index in [1.807, 2.05) is 36.1 Å². The van der Waals surface area contributed by atoms with Crippen LogP contribution in [-0.4, -0.2) is 36.0 Å². The van der Waals surface area contributed by atoms with Crippen molar-refractivity contribution in [1.82, 2.24) is 4.90 Å². The highest BCUT2D eigenvalue weighted by Gasteiger charge is 2.28. The van der Waals surface area contributed by atoms with Gasteiger partial charge in [-0.05, 0) is 50.8 Å². The first-order valence-corrected chi connectivity index (χ1v) is 8.80. The Balaban J connectivity index is 1.75. The Kier molecular flexibility index (Phi) is 6.70. The van der Waals surface area contributed by atoms with Crippen LogP contribution in [0.15, 0.2) is 28.7 Å². The first-order valence-electron chi connectivity index (χ1n) is 8.01. The quantitative estimate of drug-likeness (QED) is 0.783. The summed E-state index contributed by atoms with van der Waals surface area (Å²) >= 11 is 3.41. The molecule has 0 saturated carbocycles. The van der Waals surface area contributed by atoms with Crippen LogP contribution in [0.1, 0.15) is 39.0 Å². The number of piperidine rings is 1. The molecule has 0 bridgehead atoms. The van der Waals surface area contributed by atoms with E-state index in [-0.39, 0.29) is 18.0 Å². The number of nitrogens with two attached hydrogens (primary N) is 1. The van der Waals surface area contributed by atoms with Crippen LogP contribution in [0.3, 0.4) is 0 Å². The molecule has 0 radical (unpaired) electrons. The summed E-state index contributed by atoms with van der Waals surface area (Å²) in [4.78, 5) is 14.4. The van der Waals surface area contributed by atoms with Gasteiger partial charge in [-0.2, -0.15) is 0 Å². The molecule has 22 heavy (non-hydrogen) atoms. The highest BCUT2D eigenvalue weighted by molar-refractivity contribution is 9.10. The Morgan fingerprint density at radius 2 is 2.32 bits per heavy atom. The molecule has 122 valence electrons. The standard InChI is InChI=1S/C17H25BrN2O2/c1-13(19)16-8-2-3-10-20(16)17(21)9-5-11-22-15-7-4-6-14(18)12-15/h4,6-7,12-13,16H,2-3,5,8-11,19H2,1H3. The molecule has 4 nitrogen and oxygen atoms in total. The van der Waals surface area contributed by atoms with Crippen LogP contribution < -0.4 is 10.5 Å². The zero-order valence-corrected chi connectivity index (χ0v) is 14.7. The van der Waals surface area contributed by atoms with Gasteiger partial charge in [-0.1, -0.05) is 22.0 Å². The Morgan fingerprint density at radius 3 is 3.05 bits per heavy atom. The molecule has 1 aliphatic heterocycles. The summed E-state index contributed by atoms with van der Waals surface area (Å²) in [5, 5.41) is 0. The van der Waals surface area contributed by atoms with E-state index in [9.17, 15) is 4.79 Å². The van der Waals surface area contributed by atoms with Crippen molar-refractivity contribution in [3.63, 3.8) is 0 Å². The second-order valence-electron chi connectivity index (χ2n) is 5.92. The molecule has 2 N–H and O–H groups in total. The van der Waals surface area contributed by atoms with E-state index >= 15 is 0 Å². The average molecular weight is 369 g/mol. The molecule has 0 aromatic heterocycles. The second-order valence-corrected chi connectivity index (χ2v) is 6.83. The summed E-state index contributed by atoms with van der Waals surface area (Å²) in [6, 6.07) is 7.99. The number of carbonyl (C=O) groups excluding carboxylic acids is 1. The van der Waals surface area contributed by atoms with E-state index in [0.29, 0.717) is 13.0 Å². The van der Waals surface area contributed by atoms with Crippen molar-refractivity contribution in [3.8, 4) is 5.75 Å². The van der Waals surface area contributed by atoms with Crippen molar-refractivity contribution in [2.45, 2.75) is 51.1 Å². The smallest absolute Gasteiger partial charge is 0.222 e. The van der Waals surface area contributed by atoms with E-state index in [0.717, 1.165) is 36.0 Å². The monoisotopic (exact) mass is 368 g/mol. The molecule has 5 heteroatoms. The highest BCUT2D eigenvalue weighted by Crippen LogP contribution is 2.21. The predicted molar refractivity (Wildman–Crippen MR) is 91.9 cm³/mol. The van der Waals surface area contributed by atoms with Gasteiger partial charge in [0.2, 0.25) is 5.91 Å². The number of benzene rings is 1. The van der Waals surface area contributed by atoms with Crippen molar-refractivity contribution in [3.05, 3.63) is 28.7 Å². The van der Waals surface area contributed by atoms with Crippen LogP contribution in [0.2, 0.25) is 0 Å². The van der Waals surface area contributed by atoms with Gasteiger partial charge in [0.05, 0.1) is 6.61 Å². The summed E-state index contributed by atoms with van der Waals surface area (Å²) in [5.74, 6) is 1.04. The number of carbonyl (C=O) groups is 1. The van der Waals surface area contributed by atoms with Gasteiger partial charge >= 0.3 is 0 Å². The van der Waals surface area contributed by atoms with Gasteiger partial charge in [-0.3, -0.25) is 4.79 Å². The molecular formula is C17H25BrN2O2. The minimum absolute atomic E-state index is 0.0437. The molecule has 1 aromatic rings. The molecular weight excluding hydrogens is 344 g/mol. The summed E-state index contributed by atoms with van der Waals surface area (Å²) in [7, 11) is 0. The average Bonchev–Trinajstić information content (AvgIpc) is 2.51. The molecule has 0 spiro atoms. The molecule has 2 unspecified atom stereocenters. The number of amides is 1. The van der Waals surface area contributed by atoms with Crippen molar-refractivity contribution in [1.29, 1.82) is 0 Å². The SMILES string of the molecule is CC(N)C1CCCCN1C(=O)CCCOc1cccc(Br)c1. The van der Waals surface area contributed by atoms with E-state index in [2.05, 4.69) is 15.9 Å². The van der Waals surface area contributed by atoms with Gasteiger partial charge in [0.25, 0.3) is 0 Å². The van der Waals surface area contributed by atoms with E-state index in [1.165, 1.54) is 6.42 Å².